The van der Waals surface area contributed by atoms with Crippen LogP contribution < -0.4 is 5.32 Å². The van der Waals surface area contributed by atoms with E-state index >= 15 is 0 Å². The molecule has 2 rings (SSSR count). The van der Waals surface area contributed by atoms with Crippen LogP contribution in [0.25, 0.3) is 0 Å². The fourth-order valence-corrected chi connectivity index (χ4v) is 3.30. The topological polar surface area (TPSA) is 34.2 Å². The highest BCUT2D eigenvalue weighted by molar-refractivity contribution is 5.42. The van der Waals surface area contributed by atoms with Crippen LogP contribution in [0.4, 0.5) is 5.69 Å². The van der Waals surface area contributed by atoms with E-state index in [9.17, 15) is 0 Å². The molecule has 0 bridgehead atoms. The Hall–Kier alpha value is -1.09. The Balaban J connectivity index is 1.91. The number of hydrogen-bond donors (Lipinski definition) is 1. The van der Waals surface area contributed by atoms with Crippen molar-refractivity contribution in [2.75, 3.05) is 12.4 Å². The van der Waals surface area contributed by atoms with E-state index in [-0.39, 0.29) is 0 Å². The molecule has 19 heavy (non-hydrogen) atoms. The van der Waals surface area contributed by atoms with E-state index in [1.807, 2.05) is 19.3 Å². The zero-order valence-corrected chi connectivity index (χ0v) is 12.6. The van der Waals surface area contributed by atoms with Gasteiger partial charge in [0.2, 0.25) is 0 Å². The van der Waals surface area contributed by atoms with Crippen molar-refractivity contribution in [2.24, 2.45) is 11.3 Å². The molecule has 1 fully saturated rings. The Morgan fingerprint density at radius 3 is 2.89 bits per heavy atom. The third kappa shape index (κ3) is 4.20. The molecule has 0 aliphatic heterocycles. The standard InChI is InChI=1S/C16H26N2O/c1-12-7-15(10-16(2,3)9-12)19-11-14-8-13(17-4)5-6-18-14/h5-6,8,12,15H,7,9-11H2,1-4H3,(H,17,18). The molecule has 2 atom stereocenters. The summed E-state index contributed by atoms with van der Waals surface area (Å²) in [7, 11) is 1.92. The highest BCUT2D eigenvalue weighted by atomic mass is 16.5. The quantitative estimate of drug-likeness (QED) is 0.894. The number of rotatable bonds is 4. The second-order valence-corrected chi connectivity index (χ2v) is 6.63. The Labute approximate surface area is 116 Å². The van der Waals surface area contributed by atoms with Gasteiger partial charge >= 0.3 is 0 Å². The van der Waals surface area contributed by atoms with Gasteiger partial charge in [-0.25, -0.2) is 0 Å². The third-order valence-corrected chi connectivity index (χ3v) is 3.92. The van der Waals surface area contributed by atoms with Crippen molar-refractivity contribution in [3.8, 4) is 0 Å². The Morgan fingerprint density at radius 1 is 1.42 bits per heavy atom. The van der Waals surface area contributed by atoms with Gasteiger partial charge in [0.25, 0.3) is 0 Å². The van der Waals surface area contributed by atoms with E-state index in [1.165, 1.54) is 12.8 Å². The first-order valence-electron chi connectivity index (χ1n) is 7.23. The Bertz CT molecular complexity index is 417. The zero-order valence-electron chi connectivity index (χ0n) is 12.6. The zero-order chi connectivity index (χ0) is 13.9. The fourth-order valence-electron chi connectivity index (χ4n) is 3.30. The van der Waals surface area contributed by atoms with Crippen molar-refractivity contribution in [3.63, 3.8) is 0 Å². The van der Waals surface area contributed by atoms with Gasteiger partial charge in [0, 0.05) is 18.9 Å². The summed E-state index contributed by atoms with van der Waals surface area (Å²) in [5.41, 5.74) is 2.50. The number of nitrogens with zero attached hydrogens (tertiary/aromatic N) is 1. The second-order valence-electron chi connectivity index (χ2n) is 6.63. The molecular formula is C16H26N2O. The average Bonchev–Trinajstić information content (AvgIpc) is 2.34. The summed E-state index contributed by atoms with van der Waals surface area (Å²) in [6.45, 7) is 7.64. The van der Waals surface area contributed by atoms with Crippen LogP contribution in [0.15, 0.2) is 18.3 Å². The summed E-state index contributed by atoms with van der Waals surface area (Å²) in [5.74, 6) is 0.755. The van der Waals surface area contributed by atoms with Gasteiger partial charge in [-0.2, -0.15) is 0 Å². The van der Waals surface area contributed by atoms with Gasteiger partial charge < -0.3 is 10.1 Å². The van der Waals surface area contributed by atoms with E-state index in [2.05, 4.69) is 37.1 Å². The van der Waals surface area contributed by atoms with Crippen molar-refractivity contribution in [1.29, 1.82) is 0 Å². The summed E-state index contributed by atoms with van der Waals surface area (Å²) < 4.78 is 6.08. The molecule has 1 saturated carbocycles. The summed E-state index contributed by atoms with van der Waals surface area (Å²) in [4.78, 5) is 4.36. The van der Waals surface area contributed by atoms with Crippen molar-refractivity contribution < 1.29 is 4.74 Å². The summed E-state index contributed by atoms with van der Waals surface area (Å²) >= 11 is 0. The van der Waals surface area contributed by atoms with Crippen LogP contribution in [0.5, 0.6) is 0 Å². The van der Waals surface area contributed by atoms with Crippen molar-refractivity contribution in [1.82, 2.24) is 4.98 Å². The van der Waals surface area contributed by atoms with Crippen molar-refractivity contribution >= 4 is 5.69 Å². The number of hydrogen-bond acceptors (Lipinski definition) is 3. The molecule has 0 aromatic carbocycles. The number of aromatic nitrogens is 1. The van der Waals surface area contributed by atoms with E-state index in [0.717, 1.165) is 23.7 Å². The van der Waals surface area contributed by atoms with Gasteiger partial charge in [0.05, 0.1) is 18.4 Å². The Morgan fingerprint density at radius 2 is 2.21 bits per heavy atom. The molecule has 106 valence electrons. The SMILES string of the molecule is CNc1ccnc(COC2CC(C)CC(C)(C)C2)c1. The Kier molecular flexibility index (Phi) is 4.46. The molecule has 1 heterocycles. The molecule has 1 aromatic rings. The van der Waals surface area contributed by atoms with Crippen LogP contribution in [0.3, 0.4) is 0 Å². The maximum atomic E-state index is 6.08. The molecule has 3 nitrogen and oxygen atoms in total. The van der Waals surface area contributed by atoms with E-state index in [1.54, 1.807) is 0 Å². The molecule has 0 amide bonds. The number of nitrogens with one attached hydrogen (secondary N) is 1. The largest absolute Gasteiger partial charge is 0.388 e. The van der Waals surface area contributed by atoms with Gasteiger partial charge in [0.1, 0.15) is 0 Å². The first-order valence-corrected chi connectivity index (χ1v) is 7.23. The lowest BCUT2D eigenvalue weighted by Crippen LogP contribution is -2.32. The average molecular weight is 262 g/mol. The molecule has 1 N–H and O–H groups in total. The maximum Gasteiger partial charge on any atom is 0.0892 e. The minimum atomic E-state index is 0.374. The van der Waals surface area contributed by atoms with Crippen molar-refractivity contribution in [2.45, 2.75) is 52.7 Å². The smallest absolute Gasteiger partial charge is 0.0892 e. The van der Waals surface area contributed by atoms with Gasteiger partial charge in [0.15, 0.2) is 0 Å². The van der Waals surface area contributed by atoms with Gasteiger partial charge in [-0.05, 0) is 42.7 Å². The first-order chi connectivity index (χ1) is 8.98. The van der Waals surface area contributed by atoms with Gasteiger partial charge in [-0.15, -0.1) is 0 Å². The first kappa shape index (κ1) is 14.3. The van der Waals surface area contributed by atoms with Crippen molar-refractivity contribution in [3.05, 3.63) is 24.0 Å². The predicted octanol–water partition coefficient (Wildman–Crippen LogP) is 3.85. The third-order valence-electron chi connectivity index (χ3n) is 3.92. The molecule has 0 radical (unpaired) electrons. The lowest BCUT2D eigenvalue weighted by Gasteiger charge is -2.38. The van der Waals surface area contributed by atoms with Crippen LogP contribution >= 0.6 is 0 Å². The predicted molar refractivity (Wildman–Crippen MR) is 79.2 cm³/mol. The molecule has 2 unspecified atom stereocenters. The van der Waals surface area contributed by atoms with Crippen LogP contribution in [0, 0.1) is 11.3 Å². The monoisotopic (exact) mass is 262 g/mol. The highest BCUT2D eigenvalue weighted by Gasteiger charge is 2.32. The summed E-state index contributed by atoms with van der Waals surface area (Å²) in [6.07, 6.45) is 5.84. The van der Waals surface area contributed by atoms with E-state index in [4.69, 9.17) is 4.74 Å². The highest BCUT2D eigenvalue weighted by Crippen LogP contribution is 2.39. The number of ether oxygens (including phenoxy) is 1. The number of anilines is 1. The molecule has 0 spiro atoms. The lowest BCUT2D eigenvalue weighted by atomic mass is 9.71. The normalized spacial score (nSPS) is 26.1. The van der Waals surface area contributed by atoms with Gasteiger partial charge in [-0.1, -0.05) is 20.8 Å². The lowest BCUT2D eigenvalue weighted by molar-refractivity contribution is -0.0326. The second kappa shape index (κ2) is 5.91. The minimum absolute atomic E-state index is 0.374. The summed E-state index contributed by atoms with van der Waals surface area (Å²) in [6, 6.07) is 4.02. The molecule has 1 aliphatic carbocycles. The van der Waals surface area contributed by atoms with Crippen LogP contribution in [-0.2, 0) is 11.3 Å². The molecular weight excluding hydrogens is 236 g/mol. The molecule has 3 heteroatoms. The van der Waals surface area contributed by atoms with E-state index in [0.29, 0.717) is 18.1 Å². The fraction of sp³-hybridized carbons (Fsp3) is 0.688. The van der Waals surface area contributed by atoms with Gasteiger partial charge in [-0.3, -0.25) is 4.98 Å². The maximum absolute atomic E-state index is 6.08. The molecule has 0 saturated heterocycles. The minimum Gasteiger partial charge on any atom is -0.388 e. The van der Waals surface area contributed by atoms with Crippen LogP contribution in [-0.4, -0.2) is 18.1 Å². The molecule has 1 aliphatic rings. The number of pyridine rings is 1. The van der Waals surface area contributed by atoms with Crippen LogP contribution in [0.2, 0.25) is 0 Å². The summed E-state index contributed by atoms with van der Waals surface area (Å²) in [5, 5.41) is 3.13. The molecule has 1 aromatic heterocycles. The van der Waals surface area contributed by atoms with Crippen LogP contribution in [0.1, 0.15) is 45.7 Å². The van der Waals surface area contributed by atoms with E-state index < -0.39 is 0 Å².